The first-order valence-corrected chi connectivity index (χ1v) is 8.53. The van der Waals surface area contributed by atoms with Crippen LogP contribution in [0.2, 0.25) is 0 Å². The van der Waals surface area contributed by atoms with Gasteiger partial charge < -0.3 is 4.57 Å². The number of amides is 2. The first-order valence-electron chi connectivity index (χ1n) is 7.54. The maximum Gasteiger partial charge on any atom is 0.262 e. The summed E-state index contributed by atoms with van der Waals surface area (Å²) in [5, 5.41) is 8.97. The molecule has 3 heterocycles. The van der Waals surface area contributed by atoms with Crippen molar-refractivity contribution in [3.63, 3.8) is 0 Å². The first kappa shape index (κ1) is 15.5. The Balaban J connectivity index is 1.53. The molecule has 1 aromatic carbocycles. The summed E-state index contributed by atoms with van der Waals surface area (Å²) in [5.74, 6) is 0.343. The predicted molar refractivity (Wildman–Crippen MR) is 91.9 cm³/mol. The number of aromatic nitrogens is 4. The van der Waals surface area contributed by atoms with Gasteiger partial charge in [-0.25, -0.2) is 0 Å². The molecule has 0 aliphatic carbocycles. The molecule has 0 radical (unpaired) electrons. The fourth-order valence-electron chi connectivity index (χ4n) is 2.67. The topological polar surface area (TPSA) is 81.0 Å². The molecule has 0 unspecified atom stereocenters. The van der Waals surface area contributed by atoms with Gasteiger partial charge in [-0.1, -0.05) is 23.9 Å². The number of thioether (sulfide) groups is 1. The molecule has 0 atom stereocenters. The zero-order valence-corrected chi connectivity index (χ0v) is 14.1. The van der Waals surface area contributed by atoms with Crippen LogP contribution >= 0.6 is 11.8 Å². The second-order valence-corrected chi connectivity index (χ2v) is 6.37. The van der Waals surface area contributed by atoms with E-state index in [2.05, 4.69) is 15.2 Å². The average molecular weight is 351 g/mol. The third-order valence-electron chi connectivity index (χ3n) is 3.97. The van der Waals surface area contributed by atoms with Crippen molar-refractivity contribution in [3.8, 4) is 11.4 Å². The summed E-state index contributed by atoms with van der Waals surface area (Å²) in [6, 6.07) is 10.5. The maximum atomic E-state index is 12.4. The Labute approximate surface area is 147 Å². The Hall–Kier alpha value is -3.00. The highest BCUT2D eigenvalue weighted by Crippen LogP contribution is 2.27. The fourth-order valence-corrected chi connectivity index (χ4v) is 3.53. The molecule has 25 heavy (non-hydrogen) atoms. The van der Waals surface area contributed by atoms with Crippen LogP contribution in [-0.2, 0) is 7.05 Å². The quantitative estimate of drug-likeness (QED) is 0.530. The second kappa shape index (κ2) is 6.14. The number of carbonyl (C=O) groups is 2. The third kappa shape index (κ3) is 2.60. The summed E-state index contributed by atoms with van der Waals surface area (Å²) in [7, 11) is 1.85. The summed E-state index contributed by atoms with van der Waals surface area (Å²) in [4.78, 5) is 30.0. The summed E-state index contributed by atoms with van der Waals surface area (Å²) in [6.45, 7) is 0. The van der Waals surface area contributed by atoms with E-state index in [1.165, 1.54) is 16.7 Å². The van der Waals surface area contributed by atoms with E-state index in [1.807, 2.05) is 23.7 Å². The van der Waals surface area contributed by atoms with E-state index >= 15 is 0 Å². The molecule has 0 N–H and O–H groups in total. The van der Waals surface area contributed by atoms with E-state index in [4.69, 9.17) is 0 Å². The van der Waals surface area contributed by atoms with Crippen molar-refractivity contribution in [1.82, 2.24) is 24.6 Å². The molecule has 3 aromatic rings. The smallest absolute Gasteiger partial charge is 0.262 e. The summed E-state index contributed by atoms with van der Waals surface area (Å²) < 4.78 is 1.83. The van der Waals surface area contributed by atoms with Gasteiger partial charge in [0.25, 0.3) is 11.8 Å². The molecule has 7 nitrogen and oxygen atoms in total. The molecule has 2 aromatic heterocycles. The van der Waals surface area contributed by atoms with Gasteiger partial charge in [-0.2, -0.15) is 0 Å². The van der Waals surface area contributed by atoms with Crippen LogP contribution < -0.4 is 0 Å². The van der Waals surface area contributed by atoms with Crippen LogP contribution in [0.5, 0.6) is 0 Å². The molecule has 2 amide bonds. The molecule has 0 saturated heterocycles. The molecule has 0 fully saturated rings. The van der Waals surface area contributed by atoms with E-state index in [9.17, 15) is 9.59 Å². The third-order valence-corrected chi connectivity index (χ3v) is 4.98. The van der Waals surface area contributed by atoms with Gasteiger partial charge in [-0.05, 0) is 24.3 Å². The van der Waals surface area contributed by atoms with Crippen molar-refractivity contribution in [3.05, 3.63) is 59.9 Å². The number of fused-ring (bicyclic) bond motifs is 1. The van der Waals surface area contributed by atoms with Crippen molar-refractivity contribution >= 4 is 23.6 Å². The van der Waals surface area contributed by atoms with Gasteiger partial charge >= 0.3 is 0 Å². The van der Waals surface area contributed by atoms with Crippen molar-refractivity contribution in [2.45, 2.75) is 5.16 Å². The van der Waals surface area contributed by atoms with Crippen molar-refractivity contribution < 1.29 is 9.59 Å². The average Bonchev–Trinajstić information content (AvgIpc) is 3.13. The molecule has 4 rings (SSSR count). The summed E-state index contributed by atoms with van der Waals surface area (Å²) in [5.41, 5.74) is 1.80. The van der Waals surface area contributed by atoms with Gasteiger partial charge in [0.15, 0.2) is 11.0 Å². The molecular formula is C17H13N5O2S. The maximum absolute atomic E-state index is 12.4. The van der Waals surface area contributed by atoms with Crippen LogP contribution in [0.1, 0.15) is 20.7 Å². The highest BCUT2D eigenvalue weighted by Gasteiger charge is 2.35. The molecule has 8 heteroatoms. The Morgan fingerprint density at radius 3 is 2.24 bits per heavy atom. The minimum Gasteiger partial charge on any atom is -0.305 e. The van der Waals surface area contributed by atoms with Crippen LogP contribution in [0, 0.1) is 0 Å². The minimum absolute atomic E-state index is 0.189. The number of carbonyl (C=O) groups excluding carboxylic acids is 2. The number of hydrogen-bond acceptors (Lipinski definition) is 6. The molecule has 0 saturated carbocycles. The summed E-state index contributed by atoms with van der Waals surface area (Å²) in [6.07, 6.45) is 3.38. The fraction of sp³-hybridized carbons (Fsp3) is 0.118. The van der Waals surface area contributed by atoms with Crippen LogP contribution in [0.4, 0.5) is 0 Å². The zero-order valence-electron chi connectivity index (χ0n) is 13.3. The van der Waals surface area contributed by atoms with Gasteiger partial charge in [-0.15, -0.1) is 10.2 Å². The number of hydrogen-bond donors (Lipinski definition) is 0. The van der Waals surface area contributed by atoms with Crippen molar-refractivity contribution in [2.75, 3.05) is 5.88 Å². The van der Waals surface area contributed by atoms with E-state index in [1.54, 1.807) is 36.7 Å². The van der Waals surface area contributed by atoms with E-state index < -0.39 is 0 Å². The monoisotopic (exact) mass is 351 g/mol. The highest BCUT2D eigenvalue weighted by atomic mass is 32.2. The number of rotatable bonds is 4. The van der Waals surface area contributed by atoms with Crippen LogP contribution in [0.25, 0.3) is 11.4 Å². The SMILES string of the molecule is Cn1c(SCN2C(=O)c3ccccc3C2=O)nnc1-c1ccncc1. The first-order chi connectivity index (χ1) is 12.2. The lowest BCUT2D eigenvalue weighted by atomic mass is 10.1. The zero-order chi connectivity index (χ0) is 17.4. The molecular weight excluding hydrogens is 338 g/mol. The second-order valence-electron chi connectivity index (χ2n) is 5.46. The molecule has 0 spiro atoms. The lowest BCUT2D eigenvalue weighted by Crippen LogP contribution is -2.29. The van der Waals surface area contributed by atoms with E-state index in [-0.39, 0.29) is 17.7 Å². The largest absolute Gasteiger partial charge is 0.305 e. The standard InChI is InChI=1S/C17H13N5O2S/c1-21-14(11-6-8-18-9-7-11)19-20-17(21)25-10-22-15(23)12-4-2-3-5-13(12)16(22)24/h2-9H,10H2,1H3. The number of pyridine rings is 1. The lowest BCUT2D eigenvalue weighted by molar-refractivity contribution is 0.0684. The minimum atomic E-state index is -0.273. The number of imide groups is 1. The van der Waals surface area contributed by atoms with Crippen LogP contribution in [0.15, 0.2) is 53.9 Å². The normalized spacial score (nSPS) is 13.4. The van der Waals surface area contributed by atoms with Crippen LogP contribution in [0.3, 0.4) is 0 Å². The number of benzene rings is 1. The van der Waals surface area contributed by atoms with Gasteiger partial charge in [0, 0.05) is 25.0 Å². The Kier molecular flexibility index (Phi) is 3.81. The van der Waals surface area contributed by atoms with E-state index in [0.29, 0.717) is 22.1 Å². The predicted octanol–water partition coefficient (Wildman–Crippen LogP) is 2.22. The molecule has 124 valence electrons. The number of nitrogens with zero attached hydrogens (tertiary/aromatic N) is 5. The molecule has 1 aliphatic heterocycles. The van der Waals surface area contributed by atoms with Crippen LogP contribution in [-0.4, -0.2) is 42.3 Å². The van der Waals surface area contributed by atoms with E-state index in [0.717, 1.165) is 5.56 Å². The molecule has 1 aliphatic rings. The van der Waals surface area contributed by atoms with Gasteiger partial charge in [0.2, 0.25) is 0 Å². The Morgan fingerprint density at radius 2 is 1.60 bits per heavy atom. The van der Waals surface area contributed by atoms with Crippen molar-refractivity contribution in [1.29, 1.82) is 0 Å². The van der Waals surface area contributed by atoms with Gasteiger partial charge in [0.05, 0.1) is 17.0 Å². The lowest BCUT2D eigenvalue weighted by Gasteiger charge is -2.12. The molecule has 0 bridgehead atoms. The van der Waals surface area contributed by atoms with Crippen molar-refractivity contribution in [2.24, 2.45) is 7.05 Å². The Morgan fingerprint density at radius 1 is 0.960 bits per heavy atom. The van der Waals surface area contributed by atoms with Gasteiger partial charge in [-0.3, -0.25) is 19.5 Å². The summed E-state index contributed by atoms with van der Waals surface area (Å²) >= 11 is 1.30. The van der Waals surface area contributed by atoms with Gasteiger partial charge in [0.1, 0.15) is 0 Å². The Bertz CT molecular complexity index is 935. The highest BCUT2D eigenvalue weighted by molar-refractivity contribution is 7.99.